The van der Waals surface area contributed by atoms with Gasteiger partial charge in [-0.05, 0) is 49.8 Å². The Labute approximate surface area is 132 Å². The SMILES string of the molecule is CCc1ccc(C(=O)N2CCC3(CC2)OCCCC3O)cc1. The maximum atomic E-state index is 12.6. The average molecular weight is 303 g/mol. The van der Waals surface area contributed by atoms with Gasteiger partial charge in [-0.2, -0.15) is 0 Å². The maximum absolute atomic E-state index is 12.6. The number of aryl methyl sites for hydroxylation is 1. The van der Waals surface area contributed by atoms with Crippen LogP contribution in [0.4, 0.5) is 0 Å². The van der Waals surface area contributed by atoms with E-state index in [1.165, 1.54) is 5.56 Å². The molecule has 2 aliphatic rings. The minimum atomic E-state index is -0.416. The van der Waals surface area contributed by atoms with Crippen molar-refractivity contribution in [3.05, 3.63) is 35.4 Å². The fraction of sp³-hybridized carbons (Fsp3) is 0.611. The number of carbonyl (C=O) groups excluding carboxylic acids is 1. The molecule has 1 spiro atoms. The Bertz CT molecular complexity index is 518. The molecule has 2 aliphatic heterocycles. The van der Waals surface area contributed by atoms with Gasteiger partial charge in [0.05, 0.1) is 11.7 Å². The Morgan fingerprint density at radius 1 is 1.32 bits per heavy atom. The summed E-state index contributed by atoms with van der Waals surface area (Å²) in [7, 11) is 0. The molecule has 1 aromatic carbocycles. The van der Waals surface area contributed by atoms with Crippen molar-refractivity contribution in [2.45, 2.75) is 50.7 Å². The Hall–Kier alpha value is -1.39. The number of hydrogen-bond acceptors (Lipinski definition) is 3. The first-order chi connectivity index (χ1) is 10.6. The molecule has 2 saturated heterocycles. The highest BCUT2D eigenvalue weighted by atomic mass is 16.5. The third-order valence-electron chi connectivity index (χ3n) is 5.12. The third-order valence-corrected chi connectivity index (χ3v) is 5.12. The molecule has 4 nitrogen and oxygen atoms in total. The normalized spacial score (nSPS) is 24.5. The monoisotopic (exact) mass is 303 g/mol. The molecule has 0 aliphatic carbocycles. The van der Waals surface area contributed by atoms with Crippen molar-refractivity contribution < 1.29 is 14.6 Å². The molecule has 2 fully saturated rings. The summed E-state index contributed by atoms with van der Waals surface area (Å²) in [6.45, 7) is 4.15. The number of likely N-dealkylation sites (tertiary alicyclic amines) is 1. The smallest absolute Gasteiger partial charge is 0.253 e. The Kier molecular flexibility index (Phi) is 4.50. The first-order valence-electron chi connectivity index (χ1n) is 8.35. The van der Waals surface area contributed by atoms with Gasteiger partial charge in [-0.15, -0.1) is 0 Å². The van der Waals surface area contributed by atoms with Crippen LogP contribution in [0.5, 0.6) is 0 Å². The molecule has 120 valence electrons. The molecule has 0 saturated carbocycles. The number of aliphatic hydroxyl groups is 1. The number of rotatable bonds is 2. The van der Waals surface area contributed by atoms with Gasteiger partial charge in [-0.1, -0.05) is 19.1 Å². The lowest BCUT2D eigenvalue weighted by atomic mass is 9.82. The minimum Gasteiger partial charge on any atom is -0.390 e. The summed E-state index contributed by atoms with van der Waals surface area (Å²) < 4.78 is 5.89. The summed E-state index contributed by atoms with van der Waals surface area (Å²) in [5, 5.41) is 10.3. The van der Waals surface area contributed by atoms with Crippen LogP contribution in [0.3, 0.4) is 0 Å². The molecule has 0 radical (unpaired) electrons. The molecule has 1 unspecified atom stereocenters. The third kappa shape index (κ3) is 2.90. The minimum absolute atomic E-state index is 0.0859. The fourth-order valence-corrected chi connectivity index (χ4v) is 3.54. The number of piperidine rings is 1. The lowest BCUT2D eigenvalue weighted by Gasteiger charge is -2.46. The van der Waals surface area contributed by atoms with Gasteiger partial charge in [0, 0.05) is 25.3 Å². The van der Waals surface area contributed by atoms with Crippen LogP contribution in [-0.2, 0) is 11.2 Å². The van der Waals surface area contributed by atoms with Crippen LogP contribution in [-0.4, -0.2) is 47.3 Å². The van der Waals surface area contributed by atoms with Gasteiger partial charge in [0.25, 0.3) is 5.91 Å². The molecule has 4 heteroatoms. The number of benzene rings is 1. The number of hydrogen-bond donors (Lipinski definition) is 1. The van der Waals surface area contributed by atoms with E-state index in [0.717, 1.165) is 44.3 Å². The van der Waals surface area contributed by atoms with Crippen LogP contribution in [0.1, 0.15) is 48.5 Å². The van der Waals surface area contributed by atoms with E-state index in [1.807, 2.05) is 29.2 Å². The first kappa shape index (κ1) is 15.5. The van der Waals surface area contributed by atoms with Gasteiger partial charge in [0.15, 0.2) is 0 Å². The molecular formula is C18H25NO3. The predicted molar refractivity (Wildman–Crippen MR) is 84.9 cm³/mol. The molecule has 0 aromatic heterocycles. The highest BCUT2D eigenvalue weighted by Gasteiger charge is 2.44. The lowest BCUT2D eigenvalue weighted by molar-refractivity contribution is -0.174. The fourth-order valence-electron chi connectivity index (χ4n) is 3.54. The van der Waals surface area contributed by atoms with E-state index in [4.69, 9.17) is 4.74 Å². The van der Waals surface area contributed by atoms with Crippen LogP contribution >= 0.6 is 0 Å². The summed E-state index contributed by atoms with van der Waals surface area (Å²) in [5.41, 5.74) is 1.58. The van der Waals surface area contributed by atoms with Crippen molar-refractivity contribution in [2.24, 2.45) is 0 Å². The highest BCUT2D eigenvalue weighted by molar-refractivity contribution is 5.94. The van der Waals surface area contributed by atoms with Crippen LogP contribution in [0.15, 0.2) is 24.3 Å². The van der Waals surface area contributed by atoms with Crippen LogP contribution in [0, 0.1) is 0 Å². The largest absolute Gasteiger partial charge is 0.390 e. The molecule has 1 amide bonds. The summed E-state index contributed by atoms with van der Waals surface area (Å²) in [6, 6.07) is 7.87. The van der Waals surface area contributed by atoms with E-state index in [9.17, 15) is 9.90 Å². The summed E-state index contributed by atoms with van der Waals surface area (Å²) in [5.74, 6) is 0.0859. The number of aliphatic hydroxyl groups excluding tert-OH is 1. The Morgan fingerprint density at radius 2 is 2.00 bits per heavy atom. The predicted octanol–water partition coefficient (Wildman–Crippen LogP) is 2.40. The van der Waals surface area contributed by atoms with E-state index >= 15 is 0 Å². The lowest BCUT2D eigenvalue weighted by Crippen LogP contribution is -2.56. The molecule has 22 heavy (non-hydrogen) atoms. The van der Waals surface area contributed by atoms with Crippen molar-refractivity contribution in [2.75, 3.05) is 19.7 Å². The number of nitrogens with zero attached hydrogens (tertiary/aromatic N) is 1. The highest BCUT2D eigenvalue weighted by Crippen LogP contribution is 2.35. The standard InChI is InChI=1S/C18H25NO3/c1-2-14-5-7-15(8-6-14)17(21)19-11-9-18(10-12-19)16(20)4-3-13-22-18/h5-8,16,20H,2-4,9-13H2,1H3. The Balaban J connectivity index is 1.64. The number of amides is 1. The molecular weight excluding hydrogens is 278 g/mol. The zero-order chi connectivity index (χ0) is 15.6. The average Bonchev–Trinajstić information content (AvgIpc) is 2.58. The number of carbonyl (C=O) groups is 1. The van der Waals surface area contributed by atoms with Gasteiger partial charge >= 0.3 is 0 Å². The summed E-state index contributed by atoms with van der Waals surface area (Å²) in [4.78, 5) is 14.5. The van der Waals surface area contributed by atoms with Gasteiger partial charge in [0.1, 0.15) is 0 Å². The molecule has 1 atom stereocenters. The molecule has 1 N–H and O–H groups in total. The quantitative estimate of drug-likeness (QED) is 0.912. The summed E-state index contributed by atoms with van der Waals surface area (Å²) in [6.07, 6.45) is 3.79. The van der Waals surface area contributed by atoms with Gasteiger partial charge in [-0.3, -0.25) is 4.79 Å². The summed E-state index contributed by atoms with van der Waals surface area (Å²) >= 11 is 0. The van der Waals surface area contributed by atoms with E-state index in [1.54, 1.807) is 0 Å². The first-order valence-corrected chi connectivity index (χ1v) is 8.35. The van der Waals surface area contributed by atoms with Gasteiger partial charge < -0.3 is 14.7 Å². The topological polar surface area (TPSA) is 49.8 Å². The van der Waals surface area contributed by atoms with Gasteiger partial charge in [0.2, 0.25) is 0 Å². The molecule has 0 bridgehead atoms. The zero-order valence-corrected chi connectivity index (χ0v) is 13.3. The second-order valence-corrected chi connectivity index (χ2v) is 6.41. The van der Waals surface area contributed by atoms with E-state index in [-0.39, 0.29) is 12.0 Å². The van der Waals surface area contributed by atoms with Crippen LogP contribution in [0.2, 0.25) is 0 Å². The Morgan fingerprint density at radius 3 is 2.59 bits per heavy atom. The maximum Gasteiger partial charge on any atom is 0.253 e. The van der Waals surface area contributed by atoms with Crippen LogP contribution in [0.25, 0.3) is 0 Å². The molecule has 3 rings (SSSR count). The second-order valence-electron chi connectivity index (χ2n) is 6.41. The molecule has 2 heterocycles. The van der Waals surface area contributed by atoms with Crippen molar-refractivity contribution in [3.8, 4) is 0 Å². The number of ether oxygens (including phenoxy) is 1. The molecule has 1 aromatic rings. The van der Waals surface area contributed by atoms with Crippen molar-refractivity contribution in [3.63, 3.8) is 0 Å². The van der Waals surface area contributed by atoms with E-state index < -0.39 is 5.60 Å². The van der Waals surface area contributed by atoms with E-state index in [2.05, 4.69) is 6.92 Å². The van der Waals surface area contributed by atoms with Crippen LogP contribution < -0.4 is 0 Å². The van der Waals surface area contributed by atoms with Crippen molar-refractivity contribution >= 4 is 5.91 Å². The van der Waals surface area contributed by atoms with Gasteiger partial charge in [-0.25, -0.2) is 0 Å². The van der Waals surface area contributed by atoms with E-state index in [0.29, 0.717) is 13.1 Å². The second kappa shape index (κ2) is 6.39. The zero-order valence-electron chi connectivity index (χ0n) is 13.3. The van der Waals surface area contributed by atoms with Crippen molar-refractivity contribution in [1.82, 2.24) is 4.90 Å². The van der Waals surface area contributed by atoms with Crippen molar-refractivity contribution in [1.29, 1.82) is 0 Å².